The Morgan fingerprint density at radius 2 is 1.39 bits per heavy atom. The van der Waals surface area contributed by atoms with Crippen molar-refractivity contribution in [2.75, 3.05) is 0 Å². The third-order valence-corrected chi connectivity index (χ3v) is 2.51. The van der Waals surface area contributed by atoms with Gasteiger partial charge in [-0.1, -0.05) is 6.07 Å². The Kier molecular flexibility index (Phi) is 2.75. The second-order valence-corrected chi connectivity index (χ2v) is 3.72. The average molecular weight is 234 g/mol. The molecule has 4 nitrogen and oxygen atoms in total. The normalized spacial score (nSPS) is 10.2. The van der Waals surface area contributed by atoms with Gasteiger partial charge in [-0.3, -0.25) is 9.97 Å². The van der Waals surface area contributed by atoms with E-state index < -0.39 is 0 Å². The zero-order valence-corrected chi connectivity index (χ0v) is 9.56. The van der Waals surface area contributed by atoms with Crippen molar-refractivity contribution in [1.29, 1.82) is 0 Å². The first-order chi connectivity index (χ1) is 8.93. The molecule has 0 saturated heterocycles. The van der Waals surface area contributed by atoms with Gasteiger partial charge in [-0.15, -0.1) is 0 Å². The maximum absolute atomic E-state index is 4.32. The second-order valence-electron chi connectivity index (χ2n) is 3.72. The Balaban J connectivity index is 2.05. The summed E-state index contributed by atoms with van der Waals surface area (Å²) < 4.78 is 0. The number of rotatable bonds is 2. The molecule has 0 radical (unpaired) electrons. The first-order valence-corrected chi connectivity index (χ1v) is 5.58. The van der Waals surface area contributed by atoms with E-state index >= 15 is 0 Å². The number of pyridine rings is 2. The molecule has 18 heavy (non-hydrogen) atoms. The van der Waals surface area contributed by atoms with Gasteiger partial charge in [0.15, 0.2) is 5.82 Å². The van der Waals surface area contributed by atoms with Crippen LogP contribution in [0.25, 0.3) is 22.8 Å². The molecule has 0 aliphatic carbocycles. The molecule has 3 rings (SSSR count). The first kappa shape index (κ1) is 10.5. The quantitative estimate of drug-likeness (QED) is 0.684. The molecule has 0 spiro atoms. The van der Waals surface area contributed by atoms with Crippen molar-refractivity contribution in [2.24, 2.45) is 0 Å². The van der Waals surface area contributed by atoms with Gasteiger partial charge in [0.1, 0.15) is 0 Å². The van der Waals surface area contributed by atoms with Gasteiger partial charge in [-0.05, 0) is 30.3 Å². The fourth-order valence-electron chi connectivity index (χ4n) is 1.67. The van der Waals surface area contributed by atoms with Crippen molar-refractivity contribution in [2.45, 2.75) is 0 Å². The van der Waals surface area contributed by atoms with Gasteiger partial charge >= 0.3 is 0 Å². The molecule has 3 aromatic heterocycles. The van der Waals surface area contributed by atoms with Crippen LogP contribution in [0, 0.1) is 0 Å². The lowest BCUT2D eigenvalue weighted by Gasteiger charge is -2.02. The Bertz CT molecular complexity index is 583. The van der Waals surface area contributed by atoms with E-state index in [1.807, 2.05) is 30.3 Å². The van der Waals surface area contributed by atoms with Crippen molar-refractivity contribution in [1.82, 2.24) is 19.9 Å². The van der Waals surface area contributed by atoms with Crippen molar-refractivity contribution in [3.63, 3.8) is 0 Å². The lowest BCUT2D eigenvalue weighted by molar-refractivity contribution is 1.17. The molecular weight excluding hydrogens is 224 g/mol. The summed E-state index contributed by atoms with van der Waals surface area (Å²) in [6.45, 7) is 0. The van der Waals surface area contributed by atoms with Crippen LogP contribution in [0.2, 0.25) is 0 Å². The zero-order valence-electron chi connectivity index (χ0n) is 9.56. The van der Waals surface area contributed by atoms with Crippen LogP contribution in [0.5, 0.6) is 0 Å². The van der Waals surface area contributed by atoms with Crippen molar-refractivity contribution < 1.29 is 0 Å². The third kappa shape index (κ3) is 2.08. The highest BCUT2D eigenvalue weighted by molar-refractivity contribution is 5.63. The summed E-state index contributed by atoms with van der Waals surface area (Å²) in [5.74, 6) is 0.692. The van der Waals surface area contributed by atoms with Crippen LogP contribution in [-0.2, 0) is 0 Å². The van der Waals surface area contributed by atoms with Gasteiger partial charge in [0, 0.05) is 30.4 Å². The molecule has 0 N–H and O–H groups in total. The Morgan fingerprint density at radius 3 is 2.17 bits per heavy atom. The fraction of sp³-hybridized carbons (Fsp3) is 0. The number of aromatic nitrogens is 4. The van der Waals surface area contributed by atoms with E-state index in [9.17, 15) is 0 Å². The summed E-state index contributed by atoms with van der Waals surface area (Å²) >= 11 is 0. The van der Waals surface area contributed by atoms with E-state index in [0.29, 0.717) is 5.82 Å². The molecule has 86 valence electrons. The number of nitrogens with zero attached hydrogens (tertiary/aromatic N) is 4. The van der Waals surface area contributed by atoms with E-state index in [1.54, 1.807) is 30.9 Å². The smallest absolute Gasteiger partial charge is 0.159 e. The molecule has 0 fully saturated rings. The molecule has 0 aliphatic rings. The summed E-state index contributed by atoms with van der Waals surface area (Å²) in [6, 6.07) is 11.4. The Labute approximate surface area is 104 Å². The van der Waals surface area contributed by atoms with E-state index in [2.05, 4.69) is 19.9 Å². The maximum atomic E-state index is 4.32. The lowest BCUT2D eigenvalue weighted by Crippen LogP contribution is -1.90. The molecule has 0 bridgehead atoms. The van der Waals surface area contributed by atoms with Crippen LogP contribution in [0.3, 0.4) is 0 Å². The van der Waals surface area contributed by atoms with Gasteiger partial charge in [-0.25, -0.2) is 9.97 Å². The van der Waals surface area contributed by atoms with Crippen LogP contribution < -0.4 is 0 Å². The monoisotopic (exact) mass is 234 g/mol. The van der Waals surface area contributed by atoms with E-state index in [0.717, 1.165) is 17.0 Å². The van der Waals surface area contributed by atoms with Gasteiger partial charge in [0.25, 0.3) is 0 Å². The minimum atomic E-state index is 0.692. The Morgan fingerprint density at radius 1 is 0.611 bits per heavy atom. The van der Waals surface area contributed by atoms with Crippen LogP contribution in [0.1, 0.15) is 0 Å². The highest BCUT2D eigenvalue weighted by Gasteiger charge is 2.04. The highest BCUT2D eigenvalue weighted by Crippen LogP contribution is 2.19. The van der Waals surface area contributed by atoms with Crippen molar-refractivity contribution >= 4 is 0 Å². The van der Waals surface area contributed by atoms with Crippen LogP contribution >= 0.6 is 0 Å². The summed E-state index contributed by atoms with van der Waals surface area (Å²) in [5.41, 5.74) is 2.60. The standard InChI is InChI=1S/C14H10N4/c1-2-6-15-12(4-1)13-10-11(5-9-16-13)14-17-7-3-8-18-14/h1-10H. The minimum absolute atomic E-state index is 0.692. The van der Waals surface area contributed by atoms with Gasteiger partial charge in [0.2, 0.25) is 0 Å². The van der Waals surface area contributed by atoms with Crippen LogP contribution in [0.15, 0.2) is 61.2 Å². The molecule has 0 atom stereocenters. The largest absolute Gasteiger partial charge is 0.255 e. The molecule has 0 amide bonds. The van der Waals surface area contributed by atoms with Gasteiger partial charge in [-0.2, -0.15) is 0 Å². The SMILES string of the molecule is c1ccc(-c2cc(-c3ncccn3)ccn2)nc1. The summed E-state index contributed by atoms with van der Waals surface area (Å²) in [6.07, 6.45) is 6.95. The molecule has 4 heteroatoms. The molecular formula is C14H10N4. The highest BCUT2D eigenvalue weighted by atomic mass is 14.9. The molecule has 0 aliphatic heterocycles. The van der Waals surface area contributed by atoms with Gasteiger partial charge in [0.05, 0.1) is 11.4 Å². The fourth-order valence-corrected chi connectivity index (χ4v) is 1.67. The zero-order chi connectivity index (χ0) is 12.2. The third-order valence-electron chi connectivity index (χ3n) is 2.51. The first-order valence-electron chi connectivity index (χ1n) is 5.58. The van der Waals surface area contributed by atoms with E-state index in [-0.39, 0.29) is 0 Å². The molecule has 3 heterocycles. The van der Waals surface area contributed by atoms with Gasteiger partial charge < -0.3 is 0 Å². The molecule has 3 aromatic rings. The minimum Gasteiger partial charge on any atom is -0.255 e. The summed E-state index contributed by atoms with van der Waals surface area (Å²) in [7, 11) is 0. The predicted molar refractivity (Wildman–Crippen MR) is 68.5 cm³/mol. The summed E-state index contributed by atoms with van der Waals surface area (Å²) in [4.78, 5) is 17.0. The predicted octanol–water partition coefficient (Wildman–Crippen LogP) is 2.60. The average Bonchev–Trinajstić information content (AvgIpc) is 2.49. The van der Waals surface area contributed by atoms with E-state index in [4.69, 9.17) is 0 Å². The Hall–Kier alpha value is -2.62. The maximum Gasteiger partial charge on any atom is 0.159 e. The molecule has 0 saturated carbocycles. The second kappa shape index (κ2) is 4.71. The van der Waals surface area contributed by atoms with Crippen molar-refractivity contribution in [3.05, 3.63) is 61.2 Å². The number of hydrogen-bond donors (Lipinski definition) is 0. The van der Waals surface area contributed by atoms with Crippen LogP contribution in [-0.4, -0.2) is 19.9 Å². The van der Waals surface area contributed by atoms with E-state index in [1.165, 1.54) is 0 Å². The molecule has 0 aromatic carbocycles. The lowest BCUT2D eigenvalue weighted by atomic mass is 10.1. The van der Waals surface area contributed by atoms with Crippen molar-refractivity contribution in [3.8, 4) is 22.8 Å². The number of hydrogen-bond acceptors (Lipinski definition) is 4. The van der Waals surface area contributed by atoms with Crippen LogP contribution in [0.4, 0.5) is 0 Å². The topological polar surface area (TPSA) is 51.6 Å². The summed E-state index contributed by atoms with van der Waals surface area (Å²) in [5, 5.41) is 0. The molecule has 0 unspecified atom stereocenters.